The summed E-state index contributed by atoms with van der Waals surface area (Å²) >= 11 is 0. The van der Waals surface area contributed by atoms with Crippen LogP contribution in [0.15, 0.2) is 59.7 Å². The fourth-order valence-electron chi connectivity index (χ4n) is 3.58. The number of hydrogen-bond donors (Lipinski definition) is 1. The van der Waals surface area contributed by atoms with Gasteiger partial charge in [-0.2, -0.15) is 5.10 Å². The molecule has 0 spiro atoms. The smallest absolute Gasteiger partial charge is 0.277 e. The van der Waals surface area contributed by atoms with Crippen molar-refractivity contribution in [2.45, 2.75) is 20.4 Å². The molecule has 3 heterocycles. The van der Waals surface area contributed by atoms with Gasteiger partial charge in [0.05, 0.1) is 5.69 Å². The number of carbonyl (C=O) groups excluding carboxylic acids is 1. The molecular formula is C23H20N4O4. The SMILES string of the molecule is Cc1cccc(NC(=O)Cn2ccn3nc(-c4ccc5c(c4)OCO5)cc3c2=O)c1C. The van der Waals surface area contributed by atoms with E-state index in [1.807, 2.05) is 50.2 Å². The van der Waals surface area contributed by atoms with Crippen molar-refractivity contribution in [1.82, 2.24) is 14.2 Å². The Morgan fingerprint density at radius 1 is 1.10 bits per heavy atom. The molecule has 0 saturated heterocycles. The van der Waals surface area contributed by atoms with E-state index in [1.54, 1.807) is 18.5 Å². The Kier molecular flexibility index (Phi) is 4.47. The molecule has 2 aromatic carbocycles. The third-order valence-corrected chi connectivity index (χ3v) is 5.46. The average Bonchev–Trinajstić information content (AvgIpc) is 3.40. The molecule has 8 nitrogen and oxygen atoms in total. The summed E-state index contributed by atoms with van der Waals surface area (Å²) in [5.74, 6) is 1.07. The summed E-state index contributed by atoms with van der Waals surface area (Å²) in [6.07, 6.45) is 3.23. The van der Waals surface area contributed by atoms with E-state index < -0.39 is 0 Å². The summed E-state index contributed by atoms with van der Waals surface area (Å²) in [5, 5.41) is 7.37. The van der Waals surface area contributed by atoms with Gasteiger partial charge in [0.15, 0.2) is 11.5 Å². The second-order valence-corrected chi connectivity index (χ2v) is 7.45. The first-order chi connectivity index (χ1) is 15.0. The van der Waals surface area contributed by atoms with Gasteiger partial charge in [-0.25, -0.2) is 4.52 Å². The molecular weight excluding hydrogens is 396 g/mol. The molecule has 4 aromatic rings. The molecule has 8 heteroatoms. The standard InChI is InChI=1S/C23H20N4O4/c1-14-4-3-5-17(15(14)2)24-22(28)12-26-8-9-27-19(23(26)29)11-18(25-27)16-6-7-20-21(10-16)31-13-30-20/h3-11H,12-13H2,1-2H3,(H,24,28). The Labute approximate surface area is 177 Å². The molecule has 156 valence electrons. The molecule has 31 heavy (non-hydrogen) atoms. The summed E-state index contributed by atoms with van der Waals surface area (Å²) < 4.78 is 13.6. The quantitative estimate of drug-likeness (QED) is 0.552. The monoisotopic (exact) mass is 416 g/mol. The van der Waals surface area contributed by atoms with Crippen LogP contribution in [-0.2, 0) is 11.3 Å². The van der Waals surface area contributed by atoms with Gasteiger partial charge in [-0.05, 0) is 55.3 Å². The van der Waals surface area contributed by atoms with Crippen molar-refractivity contribution in [2.24, 2.45) is 0 Å². The van der Waals surface area contributed by atoms with Gasteiger partial charge in [0, 0.05) is 23.6 Å². The Morgan fingerprint density at radius 2 is 1.94 bits per heavy atom. The lowest BCUT2D eigenvalue weighted by molar-refractivity contribution is -0.116. The van der Waals surface area contributed by atoms with Gasteiger partial charge >= 0.3 is 0 Å². The van der Waals surface area contributed by atoms with Crippen LogP contribution in [0.25, 0.3) is 16.8 Å². The van der Waals surface area contributed by atoms with Crippen molar-refractivity contribution in [3.63, 3.8) is 0 Å². The van der Waals surface area contributed by atoms with E-state index in [0.29, 0.717) is 22.7 Å². The third kappa shape index (κ3) is 3.42. The Morgan fingerprint density at radius 3 is 2.81 bits per heavy atom. The molecule has 1 aliphatic heterocycles. The molecule has 2 aromatic heterocycles. The maximum atomic E-state index is 12.9. The van der Waals surface area contributed by atoms with E-state index in [4.69, 9.17) is 9.47 Å². The normalized spacial score (nSPS) is 12.3. The van der Waals surface area contributed by atoms with Crippen molar-refractivity contribution < 1.29 is 14.3 Å². The minimum absolute atomic E-state index is 0.0900. The lowest BCUT2D eigenvalue weighted by Crippen LogP contribution is -2.28. The van der Waals surface area contributed by atoms with Gasteiger partial charge in [-0.15, -0.1) is 0 Å². The van der Waals surface area contributed by atoms with Crippen molar-refractivity contribution in [2.75, 3.05) is 12.1 Å². The molecule has 1 N–H and O–H groups in total. The minimum Gasteiger partial charge on any atom is -0.454 e. The zero-order chi connectivity index (χ0) is 21.5. The van der Waals surface area contributed by atoms with Crippen molar-refractivity contribution in [1.29, 1.82) is 0 Å². The van der Waals surface area contributed by atoms with Crippen molar-refractivity contribution in [3.8, 4) is 22.8 Å². The third-order valence-electron chi connectivity index (χ3n) is 5.46. The summed E-state index contributed by atoms with van der Waals surface area (Å²) in [6.45, 7) is 4.04. The van der Waals surface area contributed by atoms with E-state index in [2.05, 4.69) is 10.4 Å². The Bertz CT molecular complexity index is 1390. The van der Waals surface area contributed by atoms with E-state index >= 15 is 0 Å². The van der Waals surface area contributed by atoms with Gasteiger partial charge in [-0.1, -0.05) is 12.1 Å². The van der Waals surface area contributed by atoms with E-state index in [9.17, 15) is 9.59 Å². The first-order valence-electron chi connectivity index (χ1n) is 9.84. The zero-order valence-electron chi connectivity index (χ0n) is 17.1. The number of nitrogens with zero attached hydrogens (tertiary/aromatic N) is 3. The van der Waals surface area contributed by atoms with Crippen LogP contribution in [0.3, 0.4) is 0 Å². The van der Waals surface area contributed by atoms with Crippen LogP contribution in [-0.4, -0.2) is 26.9 Å². The highest BCUT2D eigenvalue weighted by molar-refractivity contribution is 5.91. The second-order valence-electron chi connectivity index (χ2n) is 7.45. The lowest BCUT2D eigenvalue weighted by Gasteiger charge is -2.11. The van der Waals surface area contributed by atoms with E-state index in [1.165, 1.54) is 9.08 Å². The number of hydrogen-bond acceptors (Lipinski definition) is 5. The van der Waals surface area contributed by atoms with Gasteiger partial charge < -0.3 is 19.4 Å². The highest BCUT2D eigenvalue weighted by atomic mass is 16.7. The van der Waals surface area contributed by atoms with Crippen LogP contribution in [0.4, 0.5) is 5.69 Å². The Hall–Kier alpha value is -4.07. The number of amides is 1. The topological polar surface area (TPSA) is 86.9 Å². The van der Waals surface area contributed by atoms with Crippen LogP contribution in [0, 0.1) is 13.8 Å². The maximum absolute atomic E-state index is 12.9. The molecule has 0 unspecified atom stereocenters. The molecule has 0 fully saturated rings. The molecule has 0 saturated carbocycles. The van der Waals surface area contributed by atoms with E-state index in [0.717, 1.165) is 22.4 Å². The number of carbonyl (C=O) groups is 1. The minimum atomic E-state index is -0.293. The van der Waals surface area contributed by atoms with Crippen LogP contribution in [0.1, 0.15) is 11.1 Å². The largest absolute Gasteiger partial charge is 0.454 e. The number of rotatable bonds is 4. The molecule has 0 atom stereocenters. The number of anilines is 1. The van der Waals surface area contributed by atoms with Crippen LogP contribution < -0.4 is 20.3 Å². The number of benzene rings is 2. The number of ether oxygens (including phenoxy) is 2. The average molecular weight is 416 g/mol. The van der Waals surface area contributed by atoms with Gasteiger partial charge in [0.1, 0.15) is 12.1 Å². The predicted octanol–water partition coefficient (Wildman–Crippen LogP) is 3.15. The molecule has 0 radical (unpaired) electrons. The van der Waals surface area contributed by atoms with Crippen molar-refractivity contribution in [3.05, 3.63) is 76.3 Å². The lowest BCUT2D eigenvalue weighted by atomic mass is 10.1. The predicted molar refractivity (Wildman–Crippen MR) is 116 cm³/mol. The van der Waals surface area contributed by atoms with Gasteiger partial charge in [-0.3, -0.25) is 9.59 Å². The fourth-order valence-corrected chi connectivity index (χ4v) is 3.58. The van der Waals surface area contributed by atoms with Crippen LogP contribution in [0.5, 0.6) is 11.5 Å². The first kappa shape index (κ1) is 18.9. The van der Waals surface area contributed by atoms with Crippen molar-refractivity contribution >= 4 is 17.1 Å². The number of aromatic nitrogens is 3. The van der Waals surface area contributed by atoms with Crippen LogP contribution >= 0.6 is 0 Å². The highest BCUT2D eigenvalue weighted by Crippen LogP contribution is 2.35. The van der Waals surface area contributed by atoms with Gasteiger partial charge in [0.25, 0.3) is 5.56 Å². The summed E-state index contributed by atoms with van der Waals surface area (Å²) in [7, 11) is 0. The maximum Gasteiger partial charge on any atom is 0.277 e. The Balaban J connectivity index is 1.42. The molecule has 0 aliphatic carbocycles. The molecule has 1 amide bonds. The second kappa shape index (κ2) is 7.32. The highest BCUT2D eigenvalue weighted by Gasteiger charge is 2.16. The summed E-state index contributed by atoms with van der Waals surface area (Å²) in [5.41, 5.74) is 4.37. The zero-order valence-corrected chi connectivity index (χ0v) is 17.1. The fraction of sp³-hybridized carbons (Fsp3) is 0.174. The number of nitrogens with one attached hydrogen (secondary N) is 1. The summed E-state index contributed by atoms with van der Waals surface area (Å²) in [4.78, 5) is 25.5. The number of aryl methyl sites for hydroxylation is 1. The first-order valence-corrected chi connectivity index (χ1v) is 9.84. The van der Waals surface area contributed by atoms with E-state index in [-0.39, 0.29) is 24.8 Å². The summed E-state index contributed by atoms with van der Waals surface area (Å²) in [6, 6.07) is 12.9. The number of fused-ring (bicyclic) bond motifs is 2. The van der Waals surface area contributed by atoms with Crippen LogP contribution in [0.2, 0.25) is 0 Å². The van der Waals surface area contributed by atoms with Gasteiger partial charge in [0.2, 0.25) is 12.7 Å². The molecule has 5 rings (SSSR count). The molecule has 0 bridgehead atoms. The molecule has 1 aliphatic rings.